The number of carboxylic acid groups (broad SMARTS) is 1. The van der Waals surface area contributed by atoms with Gasteiger partial charge in [0.1, 0.15) is 0 Å². The summed E-state index contributed by atoms with van der Waals surface area (Å²) in [4.78, 5) is 15.0. The molecule has 0 atom stereocenters. The standard InChI is InChI=1S/C12H12N2O4S/c1-14-8-5-10-9(17-6-18-10)4-7(8)13-12(14)19-3-2-11(15)16/h4-5H,2-3,6H2,1H3,(H,15,16). The van der Waals surface area contributed by atoms with Gasteiger partial charge in [0.2, 0.25) is 6.79 Å². The maximum absolute atomic E-state index is 10.5. The molecule has 0 fully saturated rings. The van der Waals surface area contributed by atoms with E-state index in [4.69, 9.17) is 14.6 Å². The van der Waals surface area contributed by atoms with Crippen molar-refractivity contribution in [3.8, 4) is 11.5 Å². The summed E-state index contributed by atoms with van der Waals surface area (Å²) in [5, 5.41) is 9.43. The van der Waals surface area contributed by atoms with Gasteiger partial charge in [0.25, 0.3) is 0 Å². The molecule has 7 heteroatoms. The van der Waals surface area contributed by atoms with Gasteiger partial charge in [-0.3, -0.25) is 4.79 Å². The summed E-state index contributed by atoms with van der Waals surface area (Å²) in [6.45, 7) is 0.242. The van der Waals surface area contributed by atoms with Gasteiger partial charge in [0, 0.05) is 24.9 Å². The van der Waals surface area contributed by atoms with E-state index in [0.717, 1.165) is 21.9 Å². The molecule has 1 N–H and O–H groups in total. The fourth-order valence-corrected chi connectivity index (χ4v) is 2.83. The molecule has 0 saturated heterocycles. The van der Waals surface area contributed by atoms with Crippen LogP contribution in [-0.4, -0.2) is 33.2 Å². The van der Waals surface area contributed by atoms with E-state index in [1.807, 2.05) is 23.7 Å². The van der Waals surface area contributed by atoms with Crippen molar-refractivity contribution >= 4 is 28.8 Å². The van der Waals surface area contributed by atoms with E-state index in [0.29, 0.717) is 11.5 Å². The van der Waals surface area contributed by atoms with E-state index in [9.17, 15) is 4.79 Å². The molecule has 0 amide bonds. The van der Waals surface area contributed by atoms with Crippen LogP contribution in [-0.2, 0) is 11.8 Å². The Balaban J connectivity index is 1.90. The van der Waals surface area contributed by atoms with Crippen LogP contribution in [0.25, 0.3) is 11.0 Å². The highest BCUT2D eigenvalue weighted by molar-refractivity contribution is 7.99. The van der Waals surface area contributed by atoms with Gasteiger partial charge in [-0.15, -0.1) is 0 Å². The van der Waals surface area contributed by atoms with Crippen molar-refractivity contribution in [1.82, 2.24) is 9.55 Å². The van der Waals surface area contributed by atoms with E-state index in [1.54, 1.807) is 0 Å². The Morgan fingerprint density at radius 1 is 1.47 bits per heavy atom. The van der Waals surface area contributed by atoms with Crippen molar-refractivity contribution < 1.29 is 19.4 Å². The molecule has 6 nitrogen and oxygen atoms in total. The first kappa shape index (κ1) is 12.2. The van der Waals surface area contributed by atoms with Crippen molar-refractivity contribution in [2.24, 2.45) is 7.05 Å². The van der Waals surface area contributed by atoms with Crippen LogP contribution in [0.4, 0.5) is 0 Å². The lowest BCUT2D eigenvalue weighted by atomic mass is 10.3. The van der Waals surface area contributed by atoms with Crippen molar-refractivity contribution in [2.45, 2.75) is 11.6 Å². The van der Waals surface area contributed by atoms with Gasteiger partial charge >= 0.3 is 5.97 Å². The molecule has 1 aromatic carbocycles. The number of hydrogen-bond donors (Lipinski definition) is 1. The molecule has 1 aliphatic rings. The number of thioether (sulfide) groups is 1. The van der Waals surface area contributed by atoms with Crippen LogP contribution in [0.3, 0.4) is 0 Å². The third-order valence-electron chi connectivity index (χ3n) is 2.88. The normalized spacial score (nSPS) is 13.1. The Bertz CT molecular complexity index is 653. The number of hydrogen-bond acceptors (Lipinski definition) is 5. The Labute approximate surface area is 113 Å². The minimum atomic E-state index is -0.799. The van der Waals surface area contributed by atoms with E-state index in [1.165, 1.54) is 11.8 Å². The molecule has 0 unspecified atom stereocenters. The Morgan fingerprint density at radius 2 is 2.21 bits per heavy atom. The smallest absolute Gasteiger partial charge is 0.304 e. The topological polar surface area (TPSA) is 73.6 Å². The Kier molecular flexibility index (Phi) is 2.98. The molecule has 3 rings (SSSR count). The summed E-state index contributed by atoms with van der Waals surface area (Å²) in [7, 11) is 1.90. The van der Waals surface area contributed by atoms with Crippen LogP contribution in [0.2, 0.25) is 0 Å². The zero-order valence-corrected chi connectivity index (χ0v) is 11.1. The third kappa shape index (κ3) is 2.21. The lowest BCUT2D eigenvalue weighted by Crippen LogP contribution is -1.98. The fraction of sp³-hybridized carbons (Fsp3) is 0.333. The third-order valence-corrected chi connectivity index (χ3v) is 3.91. The number of nitrogens with zero attached hydrogens (tertiary/aromatic N) is 2. The quantitative estimate of drug-likeness (QED) is 0.862. The molecular formula is C12H12N2O4S. The average Bonchev–Trinajstić information content (AvgIpc) is 2.92. The van der Waals surface area contributed by atoms with Crippen molar-refractivity contribution in [3.05, 3.63) is 12.1 Å². The van der Waals surface area contributed by atoms with E-state index in [-0.39, 0.29) is 13.2 Å². The number of carboxylic acids is 1. The van der Waals surface area contributed by atoms with Crippen LogP contribution in [0.15, 0.2) is 17.3 Å². The van der Waals surface area contributed by atoms with Crippen LogP contribution in [0, 0.1) is 0 Å². The van der Waals surface area contributed by atoms with Crippen LogP contribution in [0.1, 0.15) is 6.42 Å². The summed E-state index contributed by atoms with van der Waals surface area (Å²) < 4.78 is 12.6. The molecule has 2 aromatic rings. The van der Waals surface area contributed by atoms with Gasteiger partial charge in [0.15, 0.2) is 16.7 Å². The largest absolute Gasteiger partial charge is 0.481 e. The van der Waals surface area contributed by atoms with Crippen molar-refractivity contribution in [3.63, 3.8) is 0 Å². The summed E-state index contributed by atoms with van der Waals surface area (Å²) in [6.07, 6.45) is 0.122. The maximum atomic E-state index is 10.5. The van der Waals surface area contributed by atoms with E-state index >= 15 is 0 Å². The number of benzene rings is 1. The number of aromatic nitrogens is 2. The number of aliphatic carboxylic acids is 1. The summed E-state index contributed by atoms with van der Waals surface area (Å²) >= 11 is 1.43. The molecule has 0 bridgehead atoms. The number of aryl methyl sites for hydroxylation is 1. The molecule has 1 aliphatic heterocycles. The Morgan fingerprint density at radius 3 is 2.95 bits per heavy atom. The van der Waals surface area contributed by atoms with E-state index < -0.39 is 5.97 Å². The highest BCUT2D eigenvalue weighted by Crippen LogP contribution is 2.37. The molecular weight excluding hydrogens is 268 g/mol. The summed E-state index contributed by atoms with van der Waals surface area (Å²) in [6, 6.07) is 3.74. The highest BCUT2D eigenvalue weighted by atomic mass is 32.2. The van der Waals surface area contributed by atoms with Gasteiger partial charge in [-0.1, -0.05) is 11.8 Å². The van der Waals surface area contributed by atoms with Crippen LogP contribution < -0.4 is 9.47 Å². The van der Waals surface area contributed by atoms with Gasteiger partial charge in [-0.2, -0.15) is 0 Å². The van der Waals surface area contributed by atoms with Crippen molar-refractivity contribution in [2.75, 3.05) is 12.5 Å². The molecule has 0 spiro atoms. The molecule has 0 radical (unpaired) electrons. The second-order valence-electron chi connectivity index (χ2n) is 4.14. The van der Waals surface area contributed by atoms with Crippen LogP contribution >= 0.6 is 11.8 Å². The number of ether oxygens (including phenoxy) is 2. The molecule has 100 valence electrons. The second-order valence-corrected chi connectivity index (χ2v) is 5.20. The first-order valence-electron chi connectivity index (χ1n) is 5.76. The summed E-state index contributed by atoms with van der Waals surface area (Å²) in [5.41, 5.74) is 1.77. The number of imidazole rings is 1. The number of carbonyl (C=O) groups is 1. The molecule has 0 saturated carbocycles. The highest BCUT2D eigenvalue weighted by Gasteiger charge is 2.18. The molecule has 2 heterocycles. The molecule has 19 heavy (non-hydrogen) atoms. The van der Waals surface area contributed by atoms with Gasteiger partial charge in [0.05, 0.1) is 17.5 Å². The van der Waals surface area contributed by atoms with Crippen LogP contribution in [0.5, 0.6) is 11.5 Å². The molecule has 1 aromatic heterocycles. The monoisotopic (exact) mass is 280 g/mol. The fourth-order valence-electron chi connectivity index (χ4n) is 1.92. The average molecular weight is 280 g/mol. The first-order valence-corrected chi connectivity index (χ1v) is 6.74. The SMILES string of the molecule is Cn1c(SCCC(=O)O)nc2cc3c(cc21)OCO3. The predicted molar refractivity (Wildman–Crippen MR) is 69.8 cm³/mol. The minimum absolute atomic E-state index is 0.122. The van der Waals surface area contributed by atoms with E-state index in [2.05, 4.69) is 4.98 Å². The minimum Gasteiger partial charge on any atom is -0.481 e. The zero-order chi connectivity index (χ0) is 13.4. The Hall–Kier alpha value is -1.89. The van der Waals surface area contributed by atoms with Gasteiger partial charge in [-0.05, 0) is 0 Å². The van der Waals surface area contributed by atoms with Gasteiger partial charge < -0.3 is 19.1 Å². The van der Waals surface area contributed by atoms with Crippen molar-refractivity contribution in [1.29, 1.82) is 0 Å². The molecule has 0 aliphatic carbocycles. The number of fused-ring (bicyclic) bond motifs is 2. The summed E-state index contributed by atoms with van der Waals surface area (Å²) in [5.74, 6) is 1.12. The lowest BCUT2D eigenvalue weighted by Gasteiger charge is -2.01. The first-order chi connectivity index (χ1) is 9.15. The predicted octanol–water partition coefficient (Wildman–Crippen LogP) is 1.87. The maximum Gasteiger partial charge on any atom is 0.304 e. The zero-order valence-electron chi connectivity index (χ0n) is 10.3. The second kappa shape index (κ2) is 4.65. The lowest BCUT2D eigenvalue weighted by molar-refractivity contribution is -0.136. The van der Waals surface area contributed by atoms with Gasteiger partial charge in [-0.25, -0.2) is 4.98 Å². The number of rotatable bonds is 4.